The molecule has 4 nitrogen and oxygen atoms in total. The molecular formula is C36H34N4. The van der Waals surface area contributed by atoms with E-state index in [1.165, 1.54) is 22.3 Å². The van der Waals surface area contributed by atoms with E-state index < -0.39 is 0 Å². The maximum atomic E-state index is 4.85. The second kappa shape index (κ2) is 14.3. The zero-order valence-electron chi connectivity index (χ0n) is 22.6. The first-order chi connectivity index (χ1) is 19.8. The molecule has 0 aromatic heterocycles. The number of hydrazone groups is 2. The average Bonchev–Trinajstić information content (AvgIpc) is 3.01. The van der Waals surface area contributed by atoms with E-state index in [2.05, 4.69) is 131 Å². The third-order valence-electron chi connectivity index (χ3n) is 6.51. The molecule has 0 spiro atoms. The van der Waals surface area contributed by atoms with Crippen LogP contribution in [0.5, 0.6) is 0 Å². The van der Waals surface area contributed by atoms with Gasteiger partial charge in [0.15, 0.2) is 0 Å². The molecule has 0 heterocycles. The monoisotopic (exact) mass is 522 g/mol. The van der Waals surface area contributed by atoms with E-state index in [0.717, 1.165) is 37.3 Å². The van der Waals surface area contributed by atoms with Gasteiger partial charge in [-0.25, -0.2) is 0 Å². The minimum atomic E-state index is 0.746. The van der Waals surface area contributed by atoms with E-state index >= 15 is 0 Å². The highest BCUT2D eigenvalue weighted by molar-refractivity contribution is 5.83. The summed E-state index contributed by atoms with van der Waals surface area (Å²) < 4.78 is 0. The summed E-state index contributed by atoms with van der Waals surface area (Å²) in [4.78, 5) is 0. The van der Waals surface area contributed by atoms with E-state index in [1.807, 2.05) is 36.7 Å². The van der Waals surface area contributed by atoms with E-state index in [1.54, 1.807) is 0 Å². The smallest absolute Gasteiger partial charge is 0.0614 e. The summed E-state index contributed by atoms with van der Waals surface area (Å²) in [5.41, 5.74) is 7.04. The lowest BCUT2D eigenvalue weighted by Crippen LogP contribution is -2.17. The van der Waals surface area contributed by atoms with Crippen molar-refractivity contribution in [2.45, 2.75) is 26.2 Å². The summed E-state index contributed by atoms with van der Waals surface area (Å²) in [5.74, 6) is 0. The van der Waals surface area contributed by atoms with Crippen LogP contribution < -0.4 is 0 Å². The number of hydrogen-bond donors (Lipinski definition) is 0. The van der Waals surface area contributed by atoms with Crippen LogP contribution in [0.3, 0.4) is 0 Å². The van der Waals surface area contributed by atoms with E-state index in [4.69, 9.17) is 10.2 Å². The van der Waals surface area contributed by atoms with E-state index in [-0.39, 0.29) is 0 Å². The van der Waals surface area contributed by atoms with Crippen LogP contribution >= 0.6 is 0 Å². The third-order valence-corrected chi connectivity index (χ3v) is 6.51. The third kappa shape index (κ3) is 8.53. The molecule has 5 aromatic carbocycles. The van der Waals surface area contributed by atoms with Crippen molar-refractivity contribution in [2.24, 2.45) is 10.2 Å². The molecule has 5 rings (SSSR count). The first-order valence-corrected chi connectivity index (χ1v) is 13.6. The van der Waals surface area contributed by atoms with Crippen LogP contribution in [0, 0.1) is 0 Å². The number of benzene rings is 5. The van der Waals surface area contributed by atoms with Crippen molar-refractivity contribution >= 4 is 12.4 Å². The van der Waals surface area contributed by atoms with Gasteiger partial charge in [-0.05, 0) is 33.4 Å². The average molecular weight is 523 g/mol. The Morgan fingerprint density at radius 3 is 0.850 bits per heavy atom. The molecule has 0 saturated heterocycles. The van der Waals surface area contributed by atoms with Crippen LogP contribution in [0.25, 0.3) is 0 Å². The van der Waals surface area contributed by atoms with Crippen molar-refractivity contribution < 1.29 is 0 Å². The molecule has 0 amide bonds. The normalized spacial score (nSPS) is 11.2. The lowest BCUT2D eigenvalue weighted by atomic mass is 10.1. The van der Waals surface area contributed by atoms with Gasteiger partial charge in [0.25, 0.3) is 0 Å². The van der Waals surface area contributed by atoms with Crippen LogP contribution in [-0.2, 0) is 26.2 Å². The Hall–Kier alpha value is -4.96. The molecule has 198 valence electrons. The number of nitrogens with zero attached hydrogens (tertiary/aromatic N) is 4. The van der Waals surface area contributed by atoms with Crippen molar-refractivity contribution in [3.8, 4) is 0 Å². The Bertz CT molecular complexity index is 1270. The van der Waals surface area contributed by atoms with Gasteiger partial charge in [0.1, 0.15) is 0 Å². The van der Waals surface area contributed by atoms with E-state index in [0.29, 0.717) is 0 Å². The SMILES string of the molecule is C(=NN(Cc1ccccc1)Cc1ccccc1)c1ccc(C=NN(Cc2ccccc2)Cc2ccccc2)cc1. The maximum Gasteiger partial charge on any atom is 0.0614 e. The highest BCUT2D eigenvalue weighted by Crippen LogP contribution is 2.13. The molecule has 5 aromatic rings. The molecule has 0 bridgehead atoms. The Kier molecular flexibility index (Phi) is 9.50. The number of rotatable bonds is 12. The molecule has 0 atom stereocenters. The quantitative estimate of drug-likeness (QED) is 0.124. The molecule has 4 heteroatoms. The second-order valence-corrected chi connectivity index (χ2v) is 9.74. The largest absolute Gasteiger partial charge is 0.288 e. The van der Waals surface area contributed by atoms with Crippen LogP contribution in [0.2, 0.25) is 0 Å². The summed E-state index contributed by atoms with van der Waals surface area (Å²) in [6, 6.07) is 50.2. The molecule has 0 aliphatic rings. The fourth-order valence-corrected chi connectivity index (χ4v) is 4.42. The van der Waals surface area contributed by atoms with Crippen molar-refractivity contribution in [1.82, 2.24) is 10.0 Å². The van der Waals surface area contributed by atoms with Gasteiger partial charge in [0.2, 0.25) is 0 Å². The Morgan fingerprint density at radius 2 is 0.600 bits per heavy atom. The summed E-state index contributed by atoms with van der Waals surface area (Å²) in [7, 11) is 0. The van der Waals surface area contributed by atoms with Gasteiger partial charge in [-0.2, -0.15) is 10.2 Å². The van der Waals surface area contributed by atoms with Gasteiger partial charge >= 0.3 is 0 Å². The summed E-state index contributed by atoms with van der Waals surface area (Å²) in [5, 5.41) is 13.9. The predicted molar refractivity (Wildman–Crippen MR) is 166 cm³/mol. The molecule has 0 aliphatic carbocycles. The van der Waals surface area contributed by atoms with Crippen molar-refractivity contribution in [3.63, 3.8) is 0 Å². The zero-order valence-corrected chi connectivity index (χ0v) is 22.6. The molecule has 0 unspecified atom stereocenters. The van der Waals surface area contributed by atoms with E-state index in [9.17, 15) is 0 Å². The summed E-state index contributed by atoms with van der Waals surface area (Å²) in [6.07, 6.45) is 3.87. The fourth-order valence-electron chi connectivity index (χ4n) is 4.42. The van der Waals surface area contributed by atoms with Crippen molar-refractivity contribution in [3.05, 3.63) is 179 Å². The van der Waals surface area contributed by atoms with Gasteiger partial charge < -0.3 is 0 Å². The Morgan fingerprint density at radius 1 is 0.350 bits per heavy atom. The molecule has 0 N–H and O–H groups in total. The fraction of sp³-hybridized carbons (Fsp3) is 0.111. The summed E-state index contributed by atoms with van der Waals surface area (Å²) in [6.45, 7) is 2.98. The standard InChI is InChI=1S/C36H34N4/c1-5-13-33(14-6-1)27-39(28-34-15-7-2-8-16-34)37-25-31-21-23-32(24-22-31)26-38-40(29-35-17-9-3-10-18-35)30-36-19-11-4-12-20-36/h1-26H,27-30H2. The van der Waals surface area contributed by atoms with Gasteiger partial charge in [0, 0.05) is 0 Å². The van der Waals surface area contributed by atoms with Gasteiger partial charge in [-0.1, -0.05) is 146 Å². The number of hydrogen-bond acceptors (Lipinski definition) is 4. The molecule has 0 aliphatic heterocycles. The lowest BCUT2D eigenvalue weighted by molar-refractivity contribution is 0.272. The molecule has 40 heavy (non-hydrogen) atoms. The highest BCUT2D eigenvalue weighted by Gasteiger charge is 2.06. The molecule has 0 saturated carbocycles. The lowest BCUT2D eigenvalue weighted by Gasteiger charge is -2.19. The maximum absolute atomic E-state index is 4.85. The molecule has 0 fully saturated rings. The molecule has 0 radical (unpaired) electrons. The second-order valence-electron chi connectivity index (χ2n) is 9.74. The predicted octanol–water partition coefficient (Wildman–Crippen LogP) is 7.76. The van der Waals surface area contributed by atoms with Crippen LogP contribution in [0.4, 0.5) is 0 Å². The van der Waals surface area contributed by atoms with Gasteiger partial charge in [-0.15, -0.1) is 0 Å². The van der Waals surface area contributed by atoms with Gasteiger partial charge in [-0.3, -0.25) is 10.0 Å². The van der Waals surface area contributed by atoms with Crippen LogP contribution in [-0.4, -0.2) is 22.4 Å². The topological polar surface area (TPSA) is 31.2 Å². The summed E-state index contributed by atoms with van der Waals surface area (Å²) >= 11 is 0. The zero-order chi connectivity index (χ0) is 27.2. The first kappa shape index (κ1) is 26.6. The minimum Gasteiger partial charge on any atom is -0.288 e. The van der Waals surface area contributed by atoms with Crippen LogP contribution in [0.15, 0.2) is 156 Å². The van der Waals surface area contributed by atoms with Crippen molar-refractivity contribution in [1.29, 1.82) is 0 Å². The Labute approximate surface area is 237 Å². The van der Waals surface area contributed by atoms with Gasteiger partial charge in [0.05, 0.1) is 38.6 Å². The first-order valence-electron chi connectivity index (χ1n) is 13.6. The Balaban J connectivity index is 1.26. The van der Waals surface area contributed by atoms with Crippen molar-refractivity contribution in [2.75, 3.05) is 0 Å². The molecular weight excluding hydrogens is 488 g/mol. The highest BCUT2D eigenvalue weighted by atomic mass is 15.4. The van der Waals surface area contributed by atoms with Crippen LogP contribution in [0.1, 0.15) is 33.4 Å². The minimum absolute atomic E-state index is 0.746.